The molecule has 0 aliphatic carbocycles. The molecule has 0 radical (unpaired) electrons. The Morgan fingerprint density at radius 3 is 2.60 bits per heavy atom. The standard InChI is InChI=1S/C12H22N2O5S/c1-20(17,18)14-5-2-10(3-6-14)11(15)13-8-12(16)4-7-19-9-12/h10,16H,2-9H2,1H3,(H,13,15). The van der Waals surface area contributed by atoms with Gasteiger partial charge < -0.3 is 15.2 Å². The van der Waals surface area contributed by atoms with Gasteiger partial charge in [0.15, 0.2) is 0 Å². The van der Waals surface area contributed by atoms with Gasteiger partial charge in [0.25, 0.3) is 0 Å². The fourth-order valence-corrected chi connectivity index (χ4v) is 3.46. The summed E-state index contributed by atoms with van der Waals surface area (Å²) in [6, 6.07) is 0. The van der Waals surface area contributed by atoms with Gasteiger partial charge in [0.1, 0.15) is 5.60 Å². The lowest BCUT2D eigenvalue weighted by Gasteiger charge is -2.30. The van der Waals surface area contributed by atoms with E-state index in [0.717, 1.165) is 0 Å². The predicted octanol–water partition coefficient (Wildman–Crippen LogP) is -1.07. The number of nitrogens with one attached hydrogen (secondary N) is 1. The fraction of sp³-hybridized carbons (Fsp3) is 0.917. The Morgan fingerprint density at radius 1 is 1.45 bits per heavy atom. The van der Waals surface area contributed by atoms with E-state index in [1.165, 1.54) is 10.6 Å². The number of hydrogen-bond acceptors (Lipinski definition) is 5. The van der Waals surface area contributed by atoms with Crippen molar-refractivity contribution in [3.05, 3.63) is 0 Å². The monoisotopic (exact) mass is 306 g/mol. The van der Waals surface area contributed by atoms with Crippen molar-refractivity contribution in [2.24, 2.45) is 5.92 Å². The van der Waals surface area contributed by atoms with Gasteiger partial charge in [-0.2, -0.15) is 0 Å². The molecule has 0 aromatic heterocycles. The van der Waals surface area contributed by atoms with Gasteiger partial charge in [-0.1, -0.05) is 0 Å². The number of carbonyl (C=O) groups excluding carboxylic acids is 1. The molecule has 1 amide bonds. The largest absolute Gasteiger partial charge is 0.386 e. The van der Waals surface area contributed by atoms with E-state index in [4.69, 9.17) is 4.74 Å². The lowest BCUT2D eigenvalue weighted by Crippen LogP contribution is -2.47. The van der Waals surface area contributed by atoms with Crippen LogP contribution in [0.15, 0.2) is 0 Å². The summed E-state index contributed by atoms with van der Waals surface area (Å²) >= 11 is 0. The zero-order valence-corrected chi connectivity index (χ0v) is 12.5. The summed E-state index contributed by atoms with van der Waals surface area (Å²) < 4.78 is 29.3. The van der Waals surface area contributed by atoms with E-state index < -0.39 is 15.6 Å². The molecule has 2 heterocycles. The van der Waals surface area contributed by atoms with E-state index in [-0.39, 0.29) is 25.0 Å². The third-order valence-electron chi connectivity index (χ3n) is 3.97. The number of rotatable bonds is 4. The predicted molar refractivity (Wildman–Crippen MR) is 72.5 cm³/mol. The van der Waals surface area contributed by atoms with Crippen molar-refractivity contribution in [3.63, 3.8) is 0 Å². The number of ether oxygens (including phenoxy) is 1. The van der Waals surface area contributed by atoms with Crippen LogP contribution in [-0.4, -0.2) is 68.4 Å². The normalized spacial score (nSPS) is 29.5. The minimum absolute atomic E-state index is 0.113. The van der Waals surface area contributed by atoms with Gasteiger partial charge in [0.2, 0.25) is 15.9 Å². The second-order valence-corrected chi connectivity index (χ2v) is 7.66. The molecule has 2 fully saturated rings. The molecular formula is C12H22N2O5S. The molecule has 2 aliphatic heterocycles. The Balaban J connectivity index is 1.77. The van der Waals surface area contributed by atoms with Crippen LogP contribution in [0.1, 0.15) is 19.3 Å². The first-order valence-corrected chi connectivity index (χ1v) is 8.68. The lowest BCUT2D eigenvalue weighted by molar-refractivity contribution is -0.127. The Labute approximate surface area is 119 Å². The first-order chi connectivity index (χ1) is 9.30. The summed E-state index contributed by atoms with van der Waals surface area (Å²) in [5.74, 6) is -0.294. The molecule has 116 valence electrons. The molecule has 2 aliphatic rings. The van der Waals surface area contributed by atoms with Crippen molar-refractivity contribution in [1.29, 1.82) is 0 Å². The van der Waals surface area contributed by atoms with Crippen molar-refractivity contribution >= 4 is 15.9 Å². The van der Waals surface area contributed by atoms with Crippen molar-refractivity contribution in [2.45, 2.75) is 24.9 Å². The summed E-state index contributed by atoms with van der Waals surface area (Å²) in [6.45, 7) is 1.71. The number of sulfonamides is 1. The van der Waals surface area contributed by atoms with Crippen LogP contribution in [0.5, 0.6) is 0 Å². The number of amides is 1. The zero-order valence-electron chi connectivity index (χ0n) is 11.7. The Morgan fingerprint density at radius 2 is 2.10 bits per heavy atom. The number of aliphatic hydroxyl groups is 1. The highest BCUT2D eigenvalue weighted by Crippen LogP contribution is 2.21. The van der Waals surface area contributed by atoms with Gasteiger partial charge in [-0.05, 0) is 12.8 Å². The van der Waals surface area contributed by atoms with E-state index in [1.807, 2.05) is 0 Å². The SMILES string of the molecule is CS(=O)(=O)N1CCC(C(=O)NCC2(O)CCOC2)CC1. The molecule has 20 heavy (non-hydrogen) atoms. The maximum absolute atomic E-state index is 12.0. The molecular weight excluding hydrogens is 284 g/mol. The minimum atomic E-state index is -3.17. The van der Waals surface area contributed by atoms with E-state index in [9.17, 15) is 18.3 Å². The summed E-state index contributed by atoms with van der Waals surface area (Å²) in [5.41, 5.74) is -0.955. The summed E-state index contributed by atoms with van der Waals surface area (Å²) in [5, 5.41) is 12.8. The van der Waals surface area contributed by atoms with Gasteiger partial charge in [-0.25, -0.2) is 12.7 Å². The van der Waals surface area contributed by atoms with E-state index in [2.05, 4.69) is 5.32 Å². The molecule has 0 aromatic carbocycles. The second-order valence-electron chi connectivity index (χ2n) is 5.68. The van der Waals surface area contributed by atoms with Crippen LogP contribution in [0.2, 0.25) is 0 Å². The molecule has 2 saturated heterocycles. The highest BCUT2D eigenvalue weighted by atomic mass is 32.2. The number of nitrogens with zero attached hydrogens (tertiary/aromatic N) is 1. The van der Waals surface area contributed by atoms with Gasteiger partial charge in [0.05, 0.1) is 12.9 Å². The van der Waals surface area contributed by atoms with Crippen LogP contribution in [0.4, 0.5) is 0 Å². The Kier molecular flexibility index (Phi) is 4.68. The highest BCUT2D eigenvalue weighted by molar-refractivity contribution is 7.88. The molecule has 2 N–H and O–H groups in total. The third kappa shape index (κ3) is 3.91. The second kappa shape index (κ2) is 5.97. The third-order valence-corrected chi connectivity index (χ3v) is 5.27. The average Bonchev–Trinajstić information content (AvgIpc) is 2.83. The van der Waals surface area contributed by atoms with Crippen molar-refractivity contribution < 1.29 is 23.1 Å². The van der Waals surface area contributed by atoms with Gasteiger partial charge in [-0.3, -0.25) is 4.79 Å². The number of piperidine rings is 1. The zero-order chi connectivity index (χ0) is 14.8. The summed E-state index contributed by atoms with van der Waals surface area (Å²) in [4.78, 5) is 12.0. The molecule has 8 heteroatoms. The topological polar surface area (TPSA) is 95.9 Å². The molecule has 7 nitrogen and oxygen atoms in total. The lowest BCUT2D eigenvalue weighted by atomic mass is 9.96. The minimum Gasteiger partial charge on any atom is -0.386 e. The quantitative estimate of drug-likeness (QED) is 0.689. The molecule has 0 spiro atoms. The van der Waals surface area contributed by atoms with Crippen LogP contribution in [0.25, 0.3) is 0 Å². The van der Waals surface area contributed by atoms with Crippen LogP contribution in [0.3, 0.4) is 0 Å². The molecule has 0 bridgehead atoms. The van der Waals surface area contributed by atoms with Crippen LogP contribution in [0, 0.1) is 5.92 Å². The average molecular weight is 306 g/mol. The summed E-state index contributed by atoms with van der Waals surface area (Å²) in [6.07, 6.45) is 2.75. The molecule has 0 saturated carbocycles. The van der Waals surface area contributed by atoms with Crippen LogP contribution in [-0.2, 0) is 19.6 Å². The Hall–Kier alpha value is -0.700. The van der Waals surface area contributed by atoms with Crippen LogP contribution >= 0.6 is 0 Å². The van der Waals surface area contributed by atoms with Crippen molar-refractivity contribution in [3.8, 4) is 0 Å². The molecule has 1 unspecified atom stereocenters. The smallest absolute Gasteiger partial charge is 0.223 e. The Bertz CT molecular complexity index is 450. The van der Waals surface area contributed by atoms with Crippen LogP contribution < -0.4 is 5.32 Å². The first-order valence-electron chi connectivity index (χ1n) is 6.83. The molecule has 0 aromatic rings. The van der Waals surface area contributed by atoms with E-state index >= 15 is 0 Å². The maximum Gasteiger partial charge on any atom is 0.223 e. The summed E-state index contributed by atoms with van der Waals surface area (Å²) in [7, 11) is -3.17. The van der Waals surface area contributed by atoms with Crippen molar-refractivity contribution in [2.75, 3.05) is 39.1 Å². The number of hydrogen-bond donors (Lipinski definition) is 2. The van der Waals surface area contributed by atoms with Gasteiger partial charge >= 0.3 is 0 Å². The van der Waals surface area contributed by atoms with Crippen molar-refractivity contribution in [1.82, 2.24) is 9.62 Å². The van der Waals surface area contributed by atoms with E-state index in [0.29, 0.717) is 39.0 Å². The maximum atomic E-state index is 12.0. The van der Waals surface area contributed by atoms with Gasteiger partial charge in [0, 0.05) is 38.6 Å². The first kappa shape index (κ1) is 15.7. The fourth-order valence-electron chi connectivity index (χ4n) is 2.58. The highest BCUT2D eigenvalue weighted by Gasteiger charge is 2.34. The molecule has 1 atom stereocenters. The van der Waals surface area contributed by atoms with Gasteiger partial charge in [-0.15, -0.1) is 0 Å². The van der Waals surface area contributed by atoms with E-state index in [1.54, 1.807) is 0 Å². The molecule has 2 rings (SSSR count). The number of carbonyl (C=O) groups is 1.